The van der Waals surface area contributed by atoms with E-state index >= 15 is 0 Å². The number of amidine groups is 1. The van der Waals surface area contributed by atoms with E-state index in [4.69, 9.17) is 30.1 Å². The molecule has 3 aromatic carbocycles. The Hall–Kier alpha value is -3.40. The summed E-state index contributed by atoms with van der Waals surface area (Å²) in [4.78, 5) is 0.292. The Morgan fingerprint density at radius 3 is 2.14 bits per heavy atom. The molecule has 0 aliphatic carbocycles. The number of nitrogens with two attached hydrogens (primary N) is 1. The van der Waals surface area contributed by atoms with Gasteiger partial charge in [-0.3, -0.25) is 5.41 Å². The fraction of sp³-hybridized carbons (Fsp3) is 0.269. The smallest absolute Gasteiger partial charge is 0.176 e. The lowest BCUT2D eigenvalue weighted by molar-refractivity contribution is 0.0181. The highest BCUT2D eigenvalue weighted by molar-refractivity contribution is 7.90. The quantitative estimate of drug-likeness (QED) is 0.383. The van der Waals surface area contributed by atoms with E-state index in [1.54, 1.807) is 36.4 Å². The predicted octanol–water partition coefficient (Wildman–Crippen LogP) is 3.03. The third-order valence-electron chi connectivity index (χ3n) is 6.13. The van der Waals surface area contributed by atoms with Gasteiger partial charge in [-0.05, 0) is 35.9 Å². The molecule has 0 spiro atoms. The van der Waals surface area contributed by atoms with Crippen molar-refractivity contribution in [2.24, 2.45) is 5.73 Å². The molecule has 4 atom stereocenters. The number of ether oxygens (including phenoxy) is 4. The summed E-state index contributed by atoms with van der Waals surface area (Å²) in [7, 11) is -3.35. The molecule has 2 saturated heterocycles. The molecule has 8 nitrogen and oxygen atoms in total. The zero-order valence-electron chi connectivity index (χ0n) is 19.1. The van der Waals surface area contributed by atoms with Crippen LogP contribution in [0.1, 0.15) is 5.56 Å². The monoisotopic (exact) mass is 494 g/mol. The van der Waals surface area contributed by atoms with Crippen molar-refractivity contribution < 1.29 is 27.4 Å². The molecule has 2 fully saturated rings. The molecule has 0 amide bonds. The SMILES string of the molecule is CS(=O)(=O)c1ccccc1-c1ccc(O[C@@H]2CO[C@H]3[C@@H]2OC[C@@H]3Oc2cccc(C(=N)N)c2)cc1. The van der Waals surface area contributed by atoms with Crippen LogP contribution in [0.4, 0.5) is 0 Å². The molecule has 2 aliphatic heterocycles. The van der Waals surface area contributed by atoms with Crippen LogP contribution in [-0.4, -0.2) is 58.1 Å². The van der Waals surface area contributed by atoms with Crippen molar-refractivity contribution in [1.29, 1.82) is 5.41 Å². The summed E-state index contributed by atoms with van der Waals surface area (Å²) in [6.07, 6.45) is 0.0545. The van der Waals surface area contributed by atoms with Crippen LogP contribution in [0.5, 0.6) is 11.5 Å². The van der Waals surface area contributed by atoms with Crippen LogP contribution in [0.2, 0.25) is 0 Å². The molecule has 5 rings (SSSR count). The van der Waals surface area contributed by atoms with Gasteiger partial charge in [0.25, 0.3) is 0 Å². The molecular weight excluding hydrogens is 468 g/mol. The molecule has 0 bridgehead atoms. The van der Waals surface area contributed by atoms with Gasteiger partial charge >= 0.3 is 0 Å². The third-order valence-corrected chi connectivity index (χ3v) is 7.29. The largest absolute Gasteiger partial charge is 0.485 e. The Morgan fingerprint density at radius 1 is 0.886 bits per heavy atom. The van der Waals surface area contributed by atoms with E-state index in [1.165, 1.54) is 6.26 Å². The van der Waals surface area contributed by atoms with Crippen molar-refractivity contribution in [2.45, 2.75) is 29.3 Å². The molecule has 35 heavy (non-hydrogen) atoms. The van der Waals surface area contributed by atoms with E-state index in [-0.39, 0.29) is 30.3 Å². The molecule has 3 N–H and O–H groups in total. The molecule has 3 aromatic rings. The number of hydrogen-bond donors (Lipinski definition) is 2. The van der Waals surface area contributed by atoms with Gasteiger partial charge in [-0.2, -0.15) is 0 Å². The molecule has 2 aliphatic rings. The molecule has 0 aromatic heterocycles. The summed E-state index contributed by atoms with van der Waals surface area (Å²) < 4.78 is 48.4. The number of hydrogen-bond acceptors (Lipinski definition) is 7. The van der Waals surface area contributed by atoms with Gasteiger partial charge in [-0.25, -0.2) is 8.42 Å². The maximum Gasteiger partial charge on any atom is 0.176 e. The van der Waals surface area contributed by atoms with Crippen LogP contribution in [0.3, 0.4) is 0 Å². The number of nitrogen functional groups attached to an aromatic ring is 1. The second-order valence-electron chi connectivity index (χ2n) is 8.64. The predicted molar refractivity (Wildman–Crippen MR) is 131 cm³/mol. The topological polar surface area (TPSA) is 121 Å². The molecule has 0 saturated carbocycles. The molecule has 2 heterocycles. The summed E-state index contributed by atoms with van der Waals surface area (Å²) in [5.41, 5.74) is 7.60. The lowest BCUT2D eigenvalue weighted by Gasteiger charge is -2.19. The highest BCUT2D eigenvalue weighted by atomic mass is 32.2. The lowest BCUT2D eigenvalue weighted by atomic mass is 10.1. The normalized spacial score (nSPS) is 23.6. The second-order valence-corrected chi connectivity index (χ2v) is 10.6. The van der Waals surface area contributed by atoms with Crippen LogP contribution in [0.25, 0.3) is 11.1 Å². The number of sulfone groups is 1. The number of nitrogens with one attached hydrogen (secondary N) is 1. The van der Waals surface area contributed by atoms with E-state index in [9.17, 15) is 8.42 Å². The summed E-state index contributed by atoms with van der Waals surface area (Å²) >= 11 is 0. The van der Waals surface area contributed by atoms with Gasteiger partial charge in [-0.1, -0.05) is 42.5 Å². The van der Waals surface area contributed by atoms with Crippen LogP contribution in [-0.2, 0) is 19.3 Å². The fourth-order valence-corrected chi connectivity index (χ4v) is 5.37. The van der Waals surface area contributed by atoms with Gasteiger partial charge in [0.05, 0.1) is 18.1 Å². The Kier molecular flexibility index (Phi) is 6.22. The van der Waals surface area contributed by atoms with Gasteiger partial charge in [0.2, 0.25) is 0 Å². The Bertz CT molecular complexity index is 1340. The molecule has 0 unspecified atom stereocenters. The second kappa shape index (κ2) is 9.33. The first kappa shape index (κ1) is 23.3. The van der Waals surface area contributed by atoms with E-state index < -0.39 is 9.84 Å². The van der Waals surface area contributed by atoms with Gasteiger partial charge in [0.1, 0.15) is 29.5 Å². The molecule has 182 valence electrons. The lowest BCUT2D eigenvalue weighted by Crippen LogP contribution is -2.36. The van der Waals surface area contributed by atoms with Crippen LogP contribution in [0, 0.1) is 5.41 Å². The third kappa shape index (κ3) is 4.88. The molecule has 0 radical (unpaired) electrons. The van der Waals surface area contributed by atoms with E-state index in [2.05, 4.69) is 0 Å². The minimum absolute atomic E-state index is 0.0209. The van der Waals surface area contributed by atoms with Gasteiger partial charge in [-0.15, -0.1) is 0 Å². The summed E-state index contributed by atoms with van der Waals surface area (Å²) in [6, 6.07) is 21.3. The highest BCUT2D eigenvalue weighted by Gasteiger charge is 2.50. The summed E-state index contributed by atoms with van der Waals surface area (Å²) in [6.45, 7) is 0.724. The van der Waals surface area contributed by atoms with Crippen molar-refractivity contribution >= 4 is 15.7 Å². The molecular formula is C26H26N2O6S. The van der Waals surface area contributed by atoms with E-state index in [0.717, 1.165) is 5.56 Å². The highest BCUT2D eigenvalue weighted by Crippen LogP contribution is 2.34. The van der Waals surface area contributed by atoms with Gasteiger partial charge in [0.15, 0.2) is 22.0 Å². The Labute approximate surface area is 204 Å². The van der Waals surface area contributed by atoms with Crippen LogP contribution in [0.15, 0.2) is 77.7 Å². The number of rotatable bonds is 7. The average molecular weight is 495 g/mol. The average Bonchev–Trinajstić information content (AvgIpc) is 3.42. The summed E-state index contributed by atoms with van der Waals surface area (Å²) in [5.74, 6) is 1.22. The maximum atomic E-state index is 12.1. The van der Waals surface area contributed by atoms with Crippen LogP contribution < -0.4 is 15.2 Å². The zero-order valence-corrected chi connectivity index (χ0v) is 19.9. The van der Waals surface area contributed by atoms with Crippen molar-refractivity contribution in [3.05, 3.63) is 78.4 Å². The van der Waals surface area contributed by atoms with Gasteiger partial charge in [0, 0.05) is 17.4 Å². The maximum absolute atomic E-state index is 12.1. The first-order valence-electron chi connectivity index (χ1n) is 11.2. The first-order valence-corrected chi connectivity index (χ1v) is 13.1. The number of fused-ring (bicyclic) bond motifs is 1. The minimum atomic E-state index is -3.35. The zero-order chi connectivity index (χ0) is 24.6. The van der Waals surface area contributed by atoms with Gasteiger partial charge < -0.3 is 24.7 Å². The minimum Gasteiger partial charge on any atom is -0.485 e. The van der Waals surface area contributed by atoms with Crippen molar-refractivity contribution in [2.75, 3.05) is 19.5 Å². The number of benzene rings is 3. The van der Waals surface area contributed by atoms with E-state index in [1.807, 2.05) is 36.4 Å². The standard InChI is InChI=1S/C26H26N2O6S/c1-35(29,30)23-8-3-2-7-20(23)16-9-11-18(12-10-16)33-21-14-31-25-22(15-32-24(21)25)34-19-6-4-5-17(13-19)26(27)28/h2-13,21-22,24-25H,14-15H2,1H3,(H3,27,28)/t21-,22+,24-,25-/m1/s1. The fourth-order valence-electron chi connectivity index (χ4n) is 4.46. The van der Waals surface area contributed by atoms with Crippen molar-refractivity contribution in [3.8, 4) is 22.6 Å². The van der Waals surface area contributed by atoms with Crippen molar-refractivity contribution in [3.63, 3.8) is 0 Å². The van der Waals surface area contributed by atoms with Crippen LogP contribution >= 0.6 is 0 Å². The van der Waals surface area contributed by atoms with Crippen molar-refractivity contribution in [1.82, 2.24) is 0 Å². The van der Waals surface area contributed by atoms with E-state index in [0.29, 0.717) is 40.7 Å². The molecule has 9 heteroatoms. The Morgan fingerprint density at radius 2 is 1.51 bits per heavy atom. The first-order chi connectivity index (χ1) is 16.8. The summed E-state index contributed by atoms with van der Waals surface area (Å²) in [5, 5.41) is 7.60. The Balaban J connectivity index is 1.25.